The van der Waals surface area contributed by atoms with Crippen LogP contribution < -0.4 is 10.2 Å². The highest BCUT2D eigenvalue weighted by Gasteiger charge is 2.13. The maximum absolute atomic E-state index is 13.0. The van der Waals surface area contributed by atoms with Gasteiger partial charge in [-0.3, -0.25) is 4.79 Å². The van der Waals surface area contributed by atoms with E-state index in [0.29, 0.717) is 31.0 Å². The number of hydrogen-bond donors (Lipinski definition) is 1. The van der Waals surface area contributed by atoms with Gasteiger partial charge in [0.25, 0.3) is 0 Å². The third kappa shape index (κ3) is 5.19. The Labute approximate surface area is 164 Å². The summed E-state index contributed by atoms with van der Waals surface area (Å²) in [5, 5.41) is 2.96. The molecule has 1 N–H and O–H groups in total. The Morgan fingerprint density at radius 3 is 2.61 bits per heavy atom. The van der Waals surface area contributed by atoms with Crippen molar-refractivity contribution in [2.45, 2.75) is 25.8 Å². The van der Waals surface area contributed by atoms with Crippen molar-refractivity contribution < 1.29 is 13.6 Å². The molecule has 1 heterocycles. The fourth-order valence-electron chi connectivity index (χ4n) is 2.80. The van der Waals surface area contributed by atoms with Gasteiger partial charge in [0, 0.05) is 43.7 Å². The van der Waals surface area contributed by atoms with Crippen molar-refractivity contribution in [3.05, 3.63) is 72.5 Å². The van der Waals surface area contributed by atoms with Crippen molar-refractivity contribution in [1.29, 1.82) is 0 Å². The lowest BCUT2D eigenvalue weighted by atomic mass is 10.2. The summed E-state index contributed by atoms with van der Waals surface area (Å²) in [4.78, 5) is 18.5. The molecule has 1 atom stereocenters. The summed E-state index contributed by atoms with van der Waals surface area (Å²) in [6.07, 6.45) is 2.30. The van der Waals surface area contributed by atoms with Crippen LogP contribution in [0.15, 0.2) is 65.2 Å². The number of benzene rings is 2. The van der Waals surface area contributed by atoms with Crippen LogP contribution in [0.25, 0.3) is 11.3 Å². The van der Waals surface area contributed by atoms with Crippen LogP contribution in [0, 0.1) is 5.82 Å². The minimum atomic E-state index is -0.299. The number of aryl methyl sites for hydroxylation is 1. The Hall–Kier alpha value is -3.15. The van der Waals surface area contributed by atoms with Crippen molar-refractivity contribution in [1.82, 2.24) is 10.3 Å². The van der Waals surface area contributed by atoms with Gasteiger partial charge in [-0.1, -0.05) is 18.2 Å². The molecule has 0 aliphatic heterocycles. The number of carbonyl (C=O) groups is 1. The molecule has 2 aromatic carbocycles. The SMILES string of the molecule is CC(CNC(=O)CCc1ncc(-c2ccc(F)cc2)o1)N(C)c1ccccc1. The van der Waals surface area contributed by atoms with E-state index < -0.39 is 0 Å². The van der Waals surface area contributed by atoms with Gasteiger partial charge in [0.15, 0.2) is 11.7 Å². The van der Waals surface area contributed by atoms with Gasteiger partial charge in [-0.25, -0.2) is 9.37 Å². The van der Waals surface area contributed by atoms with Crippen LogP contribution >= 0.6 is 0 Å². The van der Waals surface area contributed by atoms with Gasteiger partial charge in [0.1, 0.15) is 5.82 Å². The molecule has 0 fully saturated rings. The highest BCUT2D eigenvalue weighted by Crippen LogP contribution is 2.21. The maximum atomic E-state index is 13.0. The van der Waals surface area contributed by atoms with E-state index >= 15 is 0 Å². The van der Waals surface area contributed by atoms with Gasteiger partial charge in [0.05, 0.1) is 6.20 Å². The number of likely N-dealkylation sites (N-methyl/N-ethyl adjacent to an activating group) is 1. The van der Waals surface area contributed by atoms with Crippen LogP contribution in [0.5, 0.6) is 0 Å². The molecule has 6 heteroatoms. The van der Waals surface area contributed by atoms with Crippen LogP contribution in [-0.2, 0) is 11.2 Å². The van der Waals surface area contributed by atoms with Gasteiger partial charge in [-0.05, 0) is 43.3 Å². The summed E-state index contributed by atoms with van der Waals surface area (Å²) in [5.74, 6) is 0.708. The van der Waals surface area contributed by atoms with E-state index in [4.69, 9.17) is 4.42 Å². The molecule has 28 heavy (non-hydrogen) atoms. The summed E-state index contributed by atoms with van der Waals surface area (Å²) in [6.45, 7) is 2.62. The van der Waals surface area contributed by atoms with Gasteiger partial charge < -0.3 is 14.6 Å². The minimum absolute atomic E-state index is 0.0464. The number of rotatable bonds is 8. The third-order valence-corrected chi connectivity index (χ3v) is 4.67. The van der Waals surface area contributed by atoms with Crippen LogP contribution in [0.3, 0.4) is 0 Å². The molecule has 0 radical (unpaired) electrons. The molecule has 0 saturated heterocycles. The van der Waals surface area contributed by atoms with Crippen molar-refractivity contribution in [3.63, 3.8) is 0 Å². The monoisotopic (exact) mass is 381 g/mol. The number of halogens is 1. The Morgan fingerprint density at radius 1 is 1.18 bits per heavy atom. The Kier molecular flexibility index (Phi) is 6.42. The number of carbonyl (C=O) groups excluding carboxylic acids is 1. The van der Waals surface area contributed by atoms with E-state index in [0.717, 1.165) is 11.3 Å². The number of aromatic nitrogens is 1. The first kappa shape index (κ1) is 19.6. The van der Waals surface area contributed by atoms with Crippen molar-refractivity contribution >= 4 is 11.6 Å². The predicted molar refractivity (Wildman–Crippen MR) is 108 cm³/mol. The smallest absolute Gasteiger partial charge is 0.220 e. The van der Waals surface area contributed by atoms with Crippen molar-refractivity contribution in [3.8, 4) is 11.3 Å². The van der Waals surface area contributed by atoms with Crippen molar-refractivity contribution in [2.75, 3.05) is 18.5 Å². The predicted octanol–water partition coefficient (Wildman–Crippen LogP) is 4.05. The second kappa shape index (κ2) is 9.17. The van der Waals surface area contributed by atoms with Crippen LogP contribution in [-0.4, -0.2) is 30.5 Å². The molecule has 0 aliphatic rings. The standard InChI is InChI=1S/C22H24FN3O2/c1-16(26(2)19-6-4-3-5-7-19)14-24-21(27)12-13-22-25-15-20(28-22)17-8-10-18(23)11-9-17/h3-11,15-16H,12-14H2,1-2H3,(H,24,27). The molecule has 3 rings (SSSR count). The van der Waals surface area contributed by atoms with Crippen LogP contribution in [0.1, 0.15) is 19.2 Å². The fourth-order valence-corrected chi connectivity index (χ4v) is 2.80. The normalized spacial score (nSPS) is 11.8. The number of nitrogens with one attached hydrogen (secondary N) is 1. The fraction of sp³-hybridized carbons (Fsp3) is 0.273. The Bertz CT molecular complexity index is 894. The van der Waals surface area contributed by atoms with E-state index in [1.807, 2.05) is 37.4 Å². The largest absolute Gasteiger partial charge is 0.441 e. The van der Waals surface area contributed by atoms with E-state index in [-0.39, 0.29) is 17.8 Å². The average Bonchev–Trinajstić information content (AvgIpc) is 3.20. The number of amides is 1. The number of para-hydroxylation sites is 1. The molecule has 0 aliphatic carbocycles. The Balaban J connectivity index is 1.45. The molecule has 0 bridgehead atoms. The summed E-state index contributed by atoms with van der Waals surface area (Å²) < 4.78 is 18.7. The van der Waals surface area contributed by atoms with Crippen LogP contribution in [0.2, 0.25) is 0 Å². The van der Waals surface area contributed by atoms with Gasteiger partial charge in [0.2, 0.25) is 5.91 Å². The first-order valence-electron chi connectivity index (χ1n) is 9.28. The van der Waals surface area contributed by atoms with Crippen LogP contribution in [0.4, 0.5) is 10.1 Å². The summed E-state index contributed by atoms with van der Waals surface area (Å²) >= 11 is 0. The molecule has 1 aromatic heterocycles. The molecule has 5 nitrogen and oxygen atoms in total. The van der Waals surface area contributed by atoms with Gasteiger partial charge in [-0.15, -0.1) is 0 Å². The highest BCUT2D eigenvalue weighted by atomic mass is 19.1. The summed E-state index contributed by atoms with van der Waals surface area (Å²) in [6, 6.07) is 16.2. The molecule has 1 unspecified atom stereocenters. The zero-order valence-electron chi connectivity index (χ0n) is 16.1. The maximum Gasteiger partial charge on any atom is 0.220 e. The summed E-state index contributed by atoms with van der Waals surface area (Å²) in [7, 11) is 2.01. The summed E-state index contributed by atoms with van der Waals surface area (Å²) in [5.41, 5.74) is 1.86. The molecular weight excluding hydrogens is 357 g/mol. The zero-order chi connectivity index (χ0) is 19.9. The second-order valence-corrected chi connectivity index (χ2v) is 6.72. The van der Waals surface area contributed by atoms with Gasteiger partial charge >= 0.3 is 0 Å². The van der Waals surface area contributed by atoms with Crippen molar-refractivity contribution in [2.24, 2.45) is 0 Å². The first-order valence-corrected chi connectivity index (χ1v) is 9.28. The quantitative estimate of drug-likeness (QED) is 0.639. The highest BCUT2D eigenvalue weighted by molar-refractivity contribution is 5.76. The minimum Gasteiger partial charge on any atom is -0.441 e. The van der Waals surface area contributed by atoms with Gasteiger partial charge in [-0.2, -0.15) is 0 Å². The average molecular weight is 381 g/mol. The molecular formula is C22H24FN3O2. The lowest BCUT2D eigenvalue weighted by molar-refractivity contribution is -0.121. The van der Waals surface area contributed by atoms with E-state index in [1.165, 1.54) is 12.1 Å². The van der Waals surface area contributed by atoms with E-state index in [2.05, 4.69) is 22.1 Å². The van der Waals surface area contributed by atoms with E-state index in [9.17, 15) is 9.18 Å². The Morgan fingerprint density at radius 2 is 1.89 bits per heavy atom. The lowest BCUT2D eigenvalue weighted by Gasteiger charge is -2.27. The number of anilines is 1. The lowest BCUT2D eigenvalue weighted by Crippen LogP contribution is -2.40. The molecule has 1 amide bonds. The number of nitrogens with zero attached hydrogens (tertiary/aromatic N) is 2. The first-order chi connectivity index (χ1) is 13.5. The third-order valence-electron chi connectivity index (χ3n) is 4.67. The van der Waals surface area contributed by atoms with E-state index in [1.54, 1.807) is 18.3 Å². The zero-order valence-corrected chi connectivity index (χ0v) is 16.1. The topological polar surface area (TPSA) is 58.4 Å². The number of hydrogen-bond acceptors (Lipinski definition) is 4. The molecule has 0 spiro atoms. The molecule has 146 valence electrons. The number of oxazole rings is 1. The molecule has 0 saturated carbocycles. The molecule has 3 aromatic rings. The second-order valence-electron chi connectivity index (χ2n) is 6.72.